The molecule has 0 heterocycles. The number of unbranched alkanes of at least 4 members (excludes halogenated alkanes) is 1. The number of phenolic OH excluding ortho intramolecular Hbond substituents is 1. The maximum absolute atomic E-state index is 10.0. The summed E-state index contributed by atoms with van der Waals surface area (Å²) in [6.45, 7) is 5.55. The maximum Gasteiger partial charge on any atom is 0.128 e. The van der Waals surface area contributed by atoms with Gasteiger partial charge in [-0.1, -0.05) is 20.3 Å². The van der Waals surface area contributed by atoms with Crippen LogP contribution in [0.4, 0.5) is 5.69 Å². The van der Waals surface area contributed by atoms with E-state index in [1.54, 1.807) is 18.3 Å². The van der Waals surface area contributed by atoms with E-state index < -0.39 is 0 Å². The molecule has 2 aromatic carbocycles. The summed E-state index contributed by atoms with van der Waals surface area (Å²) in [7, 11) is 0. The van der Waals surface area contributed by atoms with E-state index in [0.29, 0.717) is 17.9 Å². The molecule has 2 rings (SSSR count). The monoisotopic (exact) mass is 327 g/mol. The van der Waals surface area contributed by atoms with Crippen molar-refractivity contribution in [3.63, 3.8) is 0 Å². The minimum atomic E-state index is 0.159. The summed E-state index contributed by atoms with van der Waals surface area (Å²) < 4.78 is 11.1. The summed E-state index contributed by atoms with van der Waals surface area (Å²) in [6, 6.07) is 12.9. The van der Waals surface area contributed by atoms with E-state index >= 15 is 0 Å². The molecule has 0 atom stereocenters. The Morgan fingerprint density at radius 3 is 2.29 bits per heavy atom. The Morgan fingerprint density at radius 1 is 0.917 bits per heavy atom. The molecule has 0 fully saturated rings. The van der Waals surface area contributed by atoms with Crippen LogP contribution in [0.2, 0.25) is 0 Å². The normalized spacial score (nSPS) is 10.9. The lowest BCUT2D eigenvalue weighted by atomic mass is 10.2. The third-order valence-corrected chi connectivity index (χ3v) is 3.43. The summed E-state index contributed by atoms with van der Waals surface area (Å²) in [4.78, 5) is 4.39. The molecule has 0 bridgehead atoms. The van der Waals surface area contributed by atoms with Gasteiger partial charge in [-0.25, -0.2) is 0 Å². The molecule has 0 spiro atoms. The average Bonchev–Trinajstić information content (AvgIpc) is 2.60. The van der Waals surface area contributed by atoms with E-state index in [2.05, 4.69) is 11.9 Å². The van der Waals surface area contributed by atoms with E-state index in [1.807, 2.05) is 37.3 Å². The lowest BCUT2D eigenvalue weighted by molar-refractivity contribution is 0.309. The third kappa shape index (κ3) is 5.61. The molecule has 2 aromatic rings. The van der Waals surface area contributed by atoms with Gasteiger partial charge >= 0.3 is 0 Å². The SMILES string of the molecule is CCCCOc1ccc(N=Cc2ccc(OCCC)cc2O)cc1. The summed E-state index contributed by atoms with van der Waals surface area (Å²) in [6.07, 6.45) is 4.75. The van der Waals surface area contributed by atoms with Crippen molar-refractivity contribution in [3.8, 4) is 17.2 Å². The molecule has 0 aromatic heterocycles. The highest BCUT2D eigenvalue weighted by Crippen LogP contribution is 2.24. The van der Waals surface area contributed by atoms with Gasteiger partial charge in [0.2, 0.25) is 0 Å². The lowest BCUT2D eigenvalue weighted by Gasteiger charge is -2.06. The van der Waals surface area contributed by atoms with Crippen LogP contribution in [0.25, 0.3) is 0 Å². The van der Waals surface area contributed by atoms with Crippen LogP contribution in [-0.2, 0) is 0 Å². The molecular weight excluding hydrogens is 302 g/mol. The number of aliphatic imine (C=N–C) groups is 1. The van der Waals surface area contributed by atoms with Gasteiger partial charge in [0, 0.05) is 17.8 Å². The second-order valence-corrected chi connectivity index (χ2v) is 5.52. The van der Waals surface area contributed by atoms with Crippen LogP contribution in [0.3, 0.4) is 0 Å². The van der Waals surface area contributed by atoms with Crippen molar-refractivity contribution in [1.29, 1.82) is 0 Å². The minimum absolute atomic E-state index is 0.159. The van der Waals surface area contributed by atoms with Crippen molar-refractivity contribution < 1.29 is 14.6 Å². The Morgan fingerprint density at radius 2 is 1.62 bits per heavy atom. The van der Waals surface area contributed by atoms with Crippen LogP contribution >= 0.6 is 0 Å². The minimum Gasteiger partial charge on any atom is -0.507 e. The largest absolute Gasteiger partial charge is 0.507 e. The highest BCUT2D eigenvalue weighted by atomic mass is 16.5. The molecule has 0 amide bonds. The fourth-order valence-corrected chi connectivity index (χ4v) is 2.05. The summed E-state index contributed by atoms with van der Waals surface area (Å²) in [5.74, 6) is 1.68. The number of phenols is 1. The average molecular weight is 327 g/mol. The van der Waals surface area contributed by atoms with Gasteiger partial charge in [0.05, 0.1) is 18.9 Å². The van der Waals surface area contributed by atoms with Crippen LogP contribution in [0.15, 0.2) is 47.5 Å². The van der Waals surface area contributed by atoms with Gasteiger partial charge in [0.1, 0.15) is 17.2 Å². The van der Waals surface area contributed by atoms with Gasteiger partial charge < -0.3 is 14.6 Å². The highest BCUT2D eigenvalue weighted by molar-refractivity contribution is 5.85. The molecule has 128 valence electrons. The van der Waals surface area contributed by atoms with Crippen molar-refractivity contribution in [2.45, 2.75) is 33.1 Å². The molecule has 0 aliphatic heterocycles. The van der Waals surface area contributed by atoms with E-state index in [4.69, 9.17) is 9.47 Å². The third-order valence-electron chi connectivity index (χ3n) is 3.43. The zero-order chi connectivity index (χ0) is 17.2. The fraction of sp³-hybridized carbons (Fsp3) is 0.350. The standard InChI is InChI=1S/C20H25NO3/c1-3-5-13-24-18-10-7-17(8-11-18)21-15-16-6-9-19(14-20(16)22)23-12-4-2/h6-11,14-15,22H,3-5,12-13H2,1-2H3. The second-order valence-electron chi connectivity index (χ2n) is 5.52. The lowest BCUT2D eigenvalue weighted by Crippen LogP contribution is -1.95. The van der Waals surface area contributed by atoms with Gasteiger partial charge in [-0.3, -0.25) is 4.99 Å². The predicted octanol–water partition coefficient (Wildman–Crippen LogP) is 5.11. The van der Waals surface area contributed by atoms with Crippen LogP contribution in [0, 0.1) is 0 Å². The van der Waals surface area contributed by atoms with Crippen molar-refractivity contribution in [1.82, 2.24) is 0 Å². The summed E-state index contributed by atoms with van der Waals surface area (Å²) >= 11 is 0. The van der Waals surface area contributed by atoms with Crippen molar-refractivity contribution in [2.75, 3.05) is 13.2 Å². The van der Waals surface area contributed by atoms with Gasteiger partial charge in [-0.15, -0.1) is 0 Å². The first-order chi connectivity index (χ1) is 11.7. The number of ether oxygens (including phenoxy) is 2. The maximum atomic E-state index is 10.0. The smallest absolute Gasteiger partial charge is 0.128 e. The van der Waals surface area contributed by atoms with Gasteiger partial charge in [-0.2, -0.15) is 0 Å². The molecule has 0 unspecified atom stereocenters. The Balaban J connectivity index is 1.97. The van der Waals surface area contributed by atoms with E-state index in [1.165, 1.54) is 0 Å². The van der Waals surface area contributed by atoms with Gasteiger partial charge in [0.15, 0.2) is 0 Å². The van der Waals surface area contributed by atoms with Gasteiger partial charge in [-0.05, 0) is 49.2 Å². The number of hydrogen-bond acceptors (Lipinski definition) is 4. The fourth-order valence-electron chi connectivity index (χ4n) is 2.05. The van der Waals surface area contributed by atoms with Crippen molar-refractivity contribution in [3.05, 3.63) is 48.0 Å². The molecule has 24 heavy (non-hydrogen) atoms. The first kappa shape index (κ1) is 17.9. The zero-order valence-electron chi connectivity index (χ0n) is 14.4. The zero-order valence-corrected chi connectivity index (χ0v) is 14.4. The summed E-state index contributed by atoms with van der Waals surface area (Å²) in [5, 5.41) is 10.0. The Labute approximate surface area is 143 Å². The van der Waals surface area contributed by atoms with Gasteiger partial charge in [0.25, 0.3) is 0 Å². The molecule has 4 nitrogen and oxygen atoms in total. The Hall–Kier alpha value is -2.49. The molecule has 0 aliphatic carbocycles. The van der Waals surface area contributed by atoms with E-state index in [0.717, 1.165) is 37.3 Å². The van der Waals surface area contributed by atoms with E-state index in [9.17, 15) is 5.11 Å². The molecule has 4 heteroatoms. The van der Waals surface area contributed by atoms with Crippen LogP contribution < -0.4 is 9.47 Å². The summed E-state index contributed by atoms with van der Waals surface area (Å²) in [5.41, 5.74) is 1.46. The van der Waals surface area contributed by atoms with E-state index in [-0.39, 0.29) is 5.75 Å². The van der Waals surface area contributed by atoms with Crippen molar-refractivity contribution in [2.24, 2.45) is 4.99 Å². The Bertz CT molecular complexity index is 650. The molecule has 0 saturated heterocycles. The van der Waals surface area contributed by atoms with Crippen LogP contribution in [-0.4, -0.2) is 24.5 Å². The molecular formula is C20H25NO3. The number of benzene rings is 2. The molecule has 0 radical (unpaired) electrons. The van der Waals surface area contributed by atoms with Crippen molar-refractivity contribution >= 4 is 11.9 Å². The number of aromatic hydroxyl groups is 1. The number of hydrogen-bond donors (Lipinski definition) is 1. The quantitative estimate of drug-likeness (QED) is 0.514. The first-order valence-electron chi connectivity index (χ1n) is 8.45. The molecule has 0 aliphatic rings. The van der Waals surface area contributed by atoms with Crippen LogP contribution in [0.1, 0.15) is 38.7 Å². The first-order valence-corrected chi connectivity index (χ1v) is 8.45. The number of nitrogens with zero attached hydrogens (tertiary/aromatic N) is 1. The molecule has 0 saturated carbocycles. The number of rotatable bonds is 9. The predicted molar refractivity (Wildman–Crippen MR) is 98.0 cm³/mol. The topological polar surface area (TPSA) is 51.0 Å². The van der Waals surface area contributed by atoms with Crippen LogP contribution in [0.5, 0.6) is 17.2 Å². The second kappa shape index (κ2) is 9.60. The molecule has 1 N–H and O–H groups in total. The Kier molecular flexibility index (Phi) is 7.15. The highest BCUT2D eigenvalue weighted by Gasteiger charge is 2.01.